The predicted molar refractivity (Wildman–Crippen MR) is 89.8 cm³/mol. The van der Waals surface area contributed by atoms with Gasteiger partial charge in [-0.25, -0.2) is 4.79 Å². The number of aromatic nitrogens is 1. The van der Waals surface area contributed by atoms with E-state index in [1.54, 1.807) is 12.3 Å². The maximum atomic E-state index is 12.8. The first-order valence-electron chi connectivity index (χ1n) is 8.92. The van der Waals surface area contributed by atoms with Crippen LogP contribution in [-0.2, 0) is 14.3 Å². The van der Waals surface area contributed by atoms with Gasteiger partial charge in [0.25, 0.3) is 0 Å². The molecular formula is C20H23NO3. The number of rotatable bonds is 5. The normalized spacial score (nSPS) is 33.8. The van der Waals surface area contributed by atoms with E-state index in [1.807, 2.05) is 18.2 Å². The van der Waals surface area contributed by atoms with Crippen LogP contribution < -0.4 is 0 Å². The van der Waals surface area contributed by atoms with Gasteiger partial charge in [-0.15, -0.1) is 0 Å². The molecule has 4 fully saturated rings. The zero-order chi connectivity index (χ0) is 16.6. The molecule has 5 rings (SSSR count). The lowest BCUT2D eigenvalue weighted by molar-refractivity contribution is -0.155. The van der Waals surface area contributed by atoms with Gasteiger partial charge in [0.2, 0.25) is 0 Å². The molecule has 126 valence electrons. The predicted octanol–water partition coefficient (Wildman–Crippen LogP) is 3.42. The fourth-order valence-electron chi connectivity index (χ4n) is 5.42. The summed E-state index contributed by atoms with van der Waals surface area (Å²) in [5, 5.41) is 0. The number of Topliss-reactive ketones (excluding diaryl/α,β-unsaturated/α-hetero) is 1. The maximum absolute atomic E-state index is 12.8. The third-order valence-electron chi connectivity index (χ3n) is 6.05. The van der Waals surface area contributed by atoms with Gasteiger partial charge in [0.15, 0.2) is 12.4 Å². The van der Waals surface area contributed by atoms with Crippen LogP contribution in [0.3, 0.4) is 0 Å². The molecule has 0 N–H and O–H groups in total. The molecule has 1 aromatic heterocycles. The first-order chi connectivity index (χ1) is 11.6. The van der Waals surface area contributed by atoms with Crippen molar-refractivity contribution in [1.29, 1.82) is 0 Å². The van der Waals surface area contributed by atoms with Crippen LogP contribution in [0.2, 0.25) is 0 Å². The van der Waals surface area contributed by atoms with E-state index < -0.39 is 5.97 Å². The quantitative estimate of drug-likeness (QED) is 0.615. The third kappa shape index (κ3) is 3.02. The van der Waals surface area contributed by atoms with Crippen LogP contribution in [0, 0.1) is 23.2 Å². The zero-order valence-corrected chi connectivity index (χ0v) is 13.8. The lowest BCUT2D eigenvalue weighted by Gasteiger charge is -2.55. The van der Waals surface area contributed by atoms with E-state index in [9.17, 15) is 9.59 Å². The van der Waals surface area contributed by atoms with Crippen molar-refractivity contribution < 1.29 is 14.3 Å². The standard InChI is InChI=1S/C20H23NO3/c22-18(13-24-19(23)5-4-17-3-1-2-6-21-17)20-10-14-7-15(11-20)9-16(8-14)12-20/h1-6,14-16H,7-13H2. The Morgan fingerprint density at radius 1 is 1.12 bits per heavy atom. The fraction of sp³-hybridized carbons (Fsp3) is 0.550. The van der Waals surface area contributed by atoms with E-state index in [0.717, 1.165) is 37.0 Å². The Labute approximate surface area is 142 Å². The van der Waals surface area contributed by atoms with Crippen LogP contribution in [0.15, 0.2) is 30.5 Å². The van der Waals surface area contributed by atoms with Crippen LogP contribution in [0.5, 0.6) is 0 Å². The monoisotopic (exact) mass is 325 g/mol. The number of ether oxygens (including phenoxy) is 1. The third-order valence-corrected chi connectivity index (χ3v) is 6.05. The van der Waals surface area contributed by atoms with Gasteiger partial charge in [-0.3, -0.25) is 9.78 Å². The number of carbonyl (C=O) groups excluding carboxylic acids is 2. The molecule has 0 saturated heterocycles. The number of nitrogens with zero attached hydrogens (tertiary/aromatic N) is 1. The highest BCUT2D eigenvalue weighted by atomic mass is 16.5. The number of ketones is 1. The minimum Gasteiger partial charge on any atom is -0.455 e. The lowest BCUT2D eigenvalue weighted by Crippen LogP contribution is -2.51. The van der Waals surface area contributed by atoms with Crippen molar-refractivity contribution in [3.8, 4) is 0 Å². The Morgan fingerprint density at radius 3 is 2.38 bits per heavy atom. The summed E-state index contributed by atoms with van der Waals surface area (Å²) in [6.07, 6.45) is 11.6. The molecule has 0 aromatic carbocycles. The number of hydrogen-bond acceptors (Lipinski definition) is 4. The summed E-state index contributed by atoms with van der Waals surface area (Å²) in [4.78, 5) is 28.7. The Balaban J connectivity index is 1.33. The molecule has 4 aliphatic rings. The van der Waals surface area contributed by atoms with Gasteiger partial charge < -0.3 is 4.74 Å². The summed E-state index contributed by atoms with van der Waals surface area (Å²) in [7, 11) is 0. The molecule has 4 nitrogen and oxygen atoms in total. The van der Waals surface area contributed by atoms with Crippen molar-refractivity contribution in [2.45, 2.75) is 38.5 Å². The molecule has 0 unspecified atom stereocenters. The molecular weight excluding hydrogens is 302 g/mol. The van der Waals surface area contributed by atoms with Crippen LogP contribution in [0.4, 0.5) is 0 Å². The fourth-order valence-corrected chi connectivity index (χ4v) is 5.42. The summed E-state index contributed by atoms with van der Waals surface area (Å²) < 4.78 is 5.21. The van der Waals surface area contributed by atoms with Crippen LogP contribution in [0.1, 0.15) is 44.2 Å². The lowest BCUT2D eigenvalue weighted by atomic mass is 9.48. The number of esters is 1. The summed E-state index contributed by atoms with van der Waals surface area (Å²) in [6.45, 7) is -0.0858. The highest BCUT2D eigenvalue weighted by molar-refractivity contribution is 5.91. The molecule has 4 bridgehead atoms. The number of carbonyl (C=O) groups is 2. The first kappa shape index (κ1) is 15.6. The SMILES string of the molecule is O=C(C=Cc1ccccn1)OCC(=O)C12CC3CC(CC(C3)C1)C2. The van der Waals surface area contributed by atoms with Gasteiger partial charge in [-0.1, -0.05) is 6.07 Å². The van der Waals surface area contributed by atoms with E-state index in [-0.39, 0.29) is 17.8 Å². The molecule has 0 spiro atoms. The summed E-state index contributed by atoms with van der Waals surface area (Å²) in [5.74, 6) is 1.83. The minimum absolute atomic E-state index is 0.0858. The van der Waals surface area contributed by atoms with Crippen molar-refractivity contribution in [2.75, 3.05) is 6.61 Å². The molecule has 0 aliphatic heterocycles. The Kier molecular flexibility index (Phi) is 3.99. The summed E-state index contributed by atoms with van der Waals surface area (Å²) in [6, 6.07) is 5.48. The Morgan fingerprint density at radius 2 is 1.79 bits per heavy atom. The van der Waals surface area contributed by atoms with Crippen molar-refractivity contribution >= 4 is 17.8 Å². The molecule has 0 atom stereocenters. The molecule has 4 heteroatoms. The number of hydrogen-bond donors (Lipinski definition) is 0. The van der Waals surface area contributed by atoms with Gasteiger partial charge >= 0.3 is 5.97 Å². The molecule has 0 amide bonds. The number of pyridine rings is 1. The highest BCUT2D eigenvalue weighted by Crippen LogP contribution is 2.60. The second-order valence-corrected chi connectivity index (χ2v) is 7.82. The maximum Gasteiger partial charge on any atom is 0.331 e. The van der Waals surface area contributed by atoms with Gasteiger partial charge in [0, 0.05) is 17.7 Å². The van der Waals surface area contributed by atoms with Gasteiger partial charge in [-0.2, -0.15) is 0 Å². The Bertz CT molecular complexity index is 629. The van der Waals surface area contributed by atoms with Crippen LogP contribution in [0.25, 0.3) is 6.08 Å². The molecule has 1 aromatic rings. The largest absolute Gasteiger partial charge is 0.455 e. The summed E-state index contributed by atoms with van der Waals surface area (Å²) >= 11 is 0. The van der Waals surface area contributed by atoms with Crippen molar-refractivity contribution in [3.05, 3.63) is 36.2 Å². The molecule has 24 heavy (non-hydrogen) atoms. The van der Waals surface area contributed by atoms with Gasteiger partial charge in [0.1, 0.15) is 0 Å². The second kappa shape index (κ2) is 6.15. The molecule has 4 saturated carbocycles. The van der Waals surface area contributed by atoms with E-state index in [1.165, 1.54) is 25.3 Å². The topological polar surface area (TPSA) is 56.3 Å². The average molecular weight is 325 g/mol. The molecule has 4 aliphatic carbocycles. The minimum atomic E-state index is -0.473. The van der Waals surface area contributed by atoms with Crippen molar-refractivity contribution in [3.63, 3.8) is 0 Å². The van der Waals surface area contributed by atoms with E-state index in [0.29, 0.717) is 5.69 Å². The second-order valence-electron chi connectivity index (χ2n) is 7.82. The smallest absolute Gasteiger partial charge is 0.331 e. The van der Waals surface area contributed by atoms with E-state index >= 15 is 0 Å². The Hall–Kier alpha value is -1.97. The molecule has 0 radical (unpaired) electrons. The van der Waals surface area contributed by atoms with Crippen molar-refractivity contribution in [1.82, 2.24) is 4.98 Å². The summed E-state index contributed by atoms with van der Waals surface area (Å²) in [5.41, 5.74) is 0.501. The van der Waals surface area contributed by atoms with Gasteiger partial charge in [0.05, 0.1) is 5.69 Å². The molecule has 1 heterocycles. The van der Waals surface area contributed by atoms with Crippen LogP contribution >= 0.6 is 0 Å². The van der Waals surface area contributed by atoms with Crippen LogP contribution in [-0.4, -0.2) is 23.3 Å². The van der Waals surface area contributed by atoms with E-state index in [2.05, 4.69) is 4.98 Å². The average Bonchev–Trinajstić information content (AvgIpc) is 2.57. The van der Waals surface area contributed by atoms with Crippen molar-refractivity contribution in [2.24, 2.45) is 23.2 Å². The van der Waals surface area contributed by atoms with Gasteiger partial charge in [-0.05, 0) is 74.5 Å². The highest BCUT2D eigenvalue weighted by Gasteiger charge is 2.54. The van der Waals surface area contributed by atoms with E-state index in [4.69, 9.17) is 4.74 Å². The zero-order valence-electron chi connectivity index (χ0n) is 13.8. The first-order valence-corrected chi connectivity index (χ1v) is 8.92.